The van der Waals surface area contributed by atoms with E-state index < -0.39 is 66.4 Å². The monoisotopic (exact) mass is 531 g/mol. The van der Waals surface area contributed by atoms with E-state index in [1.54, 1.807) is 6.08 Å². The Hall–Kier alpha value is -3.64. The van der Waals surface area contributed by atoms with E-state index in [0.29, 0.717) is 30.9 Å². The maximum absolute atomic E-state index is 12.7. The van der Waals surface area contributed by atoms with E-state index in [9.17, 15) is 24.3 Å². The molecule has 5 rings (SSSR count). The summed E-state index contributed by atoms with van der Waals surface area (Å²) in [7, 11) is 3.52. The first-order valence-corrected chi connectivity index (χ1v) is 12.4. The van der Waals surface area contributed by atoms with Crippen molar-refractivity contribution in [3.63, 3.8) is 0 Å². The molecule has 1 saturated heterocycles. The lowest BCUT2D eigenvalue weighted by Gasteiger charge is -2.61. The summed E-state index contributed by atoms with van der Waals surface area (Å²) >= 11 is 0. The number of carbonyl (C=O) groups excluding carboxylic acids is 2. The number of ether oxygens (including phenoxy) is 4. The Morgan fingerprint density at radius 3 is 2.61 bits per heavy atom. The summed E-state index contributed by atoms with van der Waals surface area (Å²) in [6.45, 7) is 0.705. The van der Waals surface area contributed by atoms with Gasteiger partial charge in [-0.05, 0) is 44.1 Å². The second-order valence-electron chi connectivity index (χ2n) is 10.2. The number of carboxylic acid groups (broad SMARTS) is 2. The zero-order valence-electron chi connectivity index (χ0n) is 21.0. The first-order valence-electron chi connectivity index (χ1n) is 12.4. The quantitative estimate of drug-likeness (QED) is 0.383. The lowest BCUT2D eigenvalue weighted by molar-refractivity contribution is -0.171. The summed E-state index contributed by atoms with van der Waals surface area (Å²) in [6.07, 6.45) is -1.37. The third-order valence-corrected chi connectivity index (χ3v) is 8.23. The van der Waals surface area contributed by atoms with Crippen LogP contribution in [-0.4, -0.2) is 88.6 Å². The average molecular weight is 532 g/mol. The molecule has 4 aliphatic rings. The van der Waals surface area contributed by atoms with Crippen LogP contribution in [0.1, 0.15) is 43.2 Å². The Balaban J connectivity index is 1.35. The van der Waals surface area contributed by atoms with Crippen molar-refractivity contribution in [2.24, 2.45) is 0 Å². The number of methoxy groups -OCH3 is 1. The highest BCUT2D eigenvalue weighted by Gasteiger charge is 2.72. The number of rotatable bonds is 9. The molecule has 0 amide bonds. The summed E-state index contributed by atoms with van der Waals surface area (Å²) in [6, 6.07) is 3.66. The van der Waals surface area contributed by atoms with Gasteiger partial charge in [0.1, 0.15) is 5.76 Å². The fraction of sp³-hybridized carbons (Fsp3) is 0.538. The van der Waals surface area contributed by atoms with Crippen LogP contribution < -0.4 is 9.47 Å². The molecule has 0 aromatic heterocycles. The van der Waals surface area contributed by atoms with Gasteiger partial charge in [-0.25, -0.2) is 4.79 Å². The first-order chi connectivity index (χ1) is 18.0. The smallest absolute Gasteiger partial charge is 0.345 e. The topological polar surface area (TPSA) is 169 Å². The van der Waals surface area contributed by atoms with Gasteiger partial charge in [-0.15, -0.1) is 0 Å². The molecule has 0 radical (unpaired) electrons. The average Bonchev–Trinajstić information content (AvgIpc) is 3.21. The number of piperidine rings is 1. The third-order valence-electron chi connectivity index (χ3n) is 8.23. The predicted molar refractivity (Wildman–Crippen MR) is 127 cm³/mol. The van der Waals surface area contributed by atoms with Crippen LogP contribution in [0.15, 0.2) is 24.0 Å². The Bertz CT molecular complexity index is 1240. The van der Waals surface area contributed by atoms with Crippen molar-refractivity contribution in [3.8, 4) is 11.5 Å². The van der Waals surface area contributed by atoms with E-state index in [1.165, 1.54) is 7.11 Å². The summed E-state index contributed by atoms with van der Waals surface area (Å²) < 4.78 is 22.3. The zero-order valence-corrected chi connectivity index (χ0v) is 21.0. The van der Waals surface area contributed by atoms with E-state index in [2.05, 4.69) is 4.90 Å². The number of aliphatic hydroxyl groups is 1. The van der Waals surface area contributed by atoms with Gasteiger partial charge in [-0.2, -0.15) is 0 Å². The summed E-state index contributed by atoms with van der Waals surface area (Å²) in [5.74, 6) is -3.56. The molecule has 1 aromatic carbocycles. The number of likely N-dealkylation sites (N-methyl/N-ethyl adjacent to an activating group) is 1. The molecule has 2 bridgehead atoms. The molecule has 12 heteroatoms. The summed E-state index contributed by atoms with van der Waals surface area (Å²) in [5, 5.41) is 30.0. The van der Waals surface area contributed by atoms with Crippen molar-refractivity contribution in [3.05, 3.63) is 35.1 Å². The molecule has 2 heterocycles. The van der Waals surface area contributed by atoms with Gasteiger partial charge in [0.15, 0.2) is 17.6 Å². The van der Waals surface area contributed by atoms with Gasteiger partial charge in [0.2, 0.25) is 6.10 Å². The molecule has 3 N–H and O–H groups in total. The number of carboxylic acids is 2. The van der Waals surface area contributed by atoms with Crippen LogP contribution in [-0.2, 0) is 40.5 Å². The fourth-order valence-electron chi connectivity index (χ4n) is 6.53. The van der Waals surface area contributed by atoms with Crippen LogP contribution in [0.4, 0.5) is 0 Å². The molecule has 1 aromatic rings. The van der Waals surface area contributed by atoms with Gasteiger partial charge < -0.3 is 39.2 Å². The minimum Gasteiger partial charge on any atom is -0.493 e. The Labute approximate surface area is 217 Å². The Kier molecular flexibility index (Phi) is 6.35. The number of nitrogens with zero attached hydrogens (tertiary/aromatic N) is 1. The minimum atomic E-state index is -1.85. The maximum Gasteiger partial charge on any atom is 0.345 e. The van der Waals surface area contributed by atoms with E-state index in [-0.39, 0.29) is 18.2 Å². The van der Waals surface area contributed by atoms with Gasteiger partial charge in [0.05, 0.1) is 37.4 Å². The molecule has 1 spiro atoms. The van der Waals surface area contributed by atoms with Crippen LogP contribution in [0.2, 0.25) is 0 Å². The minimum absolute atomic E-state index is 0.162. The lowest BCUT2D eigenvalue weighted by Crippen LogP contribution is -2.74. The van der Waals surface area contributed by atoms with E-state index in [4.69, 9.17) is 29.2 Å². The van der Waals surface area contributed by atoms with Crippen molar-refractivity contribution < 1.29 is 53.4 Å². The molecule has 12 nitrogen and oxygen atoms in total. The van der Waals surface area contributed by atoms with E-state index in [0.717, 1.165) is 11.1 Å². The van der Waals surface area contributed by atoms with Gasteiger partial charge in [-0.1, -0.05) is 6.07 Å². The number of likely N-dealkylation sites (tertiary alicyclic amines) is 1. The lowest BCUT2D eigenvalue weighted by atomic mass is 9.50. The van der Waals surface area contributed by atoms with Crippen molar-refractivity contribution >= 4 is 23.9 Å². The molecule has 0 saturated carbocycles. The Morgan fingerprint density at radius 1 is 1.18 bits per heavy atom. The van der Waals surface area contributed by atoms with Gasteiger partial charge in [0.25, 0.3) is 0 Å². The number of hydrogen-bond acceptors (Lipinski definition) is 10. The number of esters is 2. The highest BCUT2D eigenvalue weighted by Crippen LogP contribution is 2.65. The molecule has 204 valence electrons. The number of benzene rings is 1. The van der Waals surface area contributed by atoms with E-state index >= 15 is 0 Å². The van der Waals surface area contributed by atoms with Crippen molar-refractivity contribution in [1.82, 2.24) is 4.90 Å². The molecule has 1 fully saturated rings. The van der Waals surface area contributed by atoms with Gasteiger partial charge >= 0.3 is 23.9 Å². The predicted octanol–water partition coefficient (Wildman–Crippen LogP) is 0.767. The molecule has 5 atom stereocenters. The van der Waals surface area contributed by atoms with Crippen LogP contribution in [0, 0.1) is 0 Å². The molecule has 38 heavy (non-hydrogen) atoms. The Morgan fingerprint density at radius 2 is 1.92 bits per heavy atom. The maximum atomic E-state index is 12.7. The molecule has 0 unspecified atom stereocenters. The number of aliphatic carboxylic acids is 2. The molecular weight excluding hydrogens is 502 g/mol. The van der Waals surface area contributed by atoms with Crippen molar-refractivity contribution in [2.45, 2.75) is 67.8 Å². The number of hydrogen-bond donors (Lipinski definition) is 3. The van der Waals surface area contributed by atoms with Gasteiger partial charge in [-0.3, -0.25) is 14.4 Å². The van der Waals surface area contributed by atoms with E-state index in [1.807, 2.05) is 19.2 Å². The van der Waals surface area contributed by atoms with Crippen LogP contribution >= 0.6 is 0 Å². The van der Waals surface area contributed by atoms with Crippen LogP contribution in [0.5, 0.6) is 11.5 Å². The molecule has 2 aliphatic heterocycles. The summed E-state index contributed by atoms with van der Waals surface area (Å²) in [5.41, 5.74) is -0.0761. The normalized spacial score (nSPS) is 29.3. The van der Waals surface area contributed by atoms with Crippen LogP contribution in [0.25, 0.3) is 0 Å². The SMILES string of the molecule is COc1ccc2c3c1O[C@H]1C(OC(=O)CCC(=O)O[C@@H](CC(=O)O)C(=O)O)=CC[C@@]4(O)[C@H](C2)N(C)CC[C@]314. The second-order valence-corrected chi connectivity index (χ2v) is 10.2. The van der Waals surface area contributed by atoms with Gasteiger partial charge in [0, 0.05) is 18.0 Å². The van der Waals surface area contributed by atoms with Crippen molar-refractivity contribution in [1.29, 1.82) is 0 Å². The highest BCUT2D eigenvalue weighted by molar-refractivity contribution is 5.84. The summed E-state index contributed by atoms with van der Waals surface area (Å²) in [4.78, 5) is 48.8. The largest absolute Gasteiger partial charge is 0.493 e. The first kappa shape index (κ1) is 26.0. The number of carbonyl (C=O) groups is 4. The van der Waals surface area contributed by atoms with Crippen molar-refractivity contribution in [2.75, 3.05) is 20.7 Å². The second kappa shape index (κ2) is 9.28. The molecular formula is C26H29NO11. The fourth-order valence-corrected chi connectivity index (χ4v) is 6.53. The standard InChI is InChI=1S/C26H29NO11/c1-27-10-9-25-21-13-3-4-14(35-2)22(21)38-23(25)15(7-8-26(25,34)17(27)11-13)36-19(30)5-6-20(31)37-16(24(32)33)12-18(28)29/h3-4,7,16-17,23,34H,5-6,8-12H2,1-2H3,(H,28,29)(H,32,33)/t16-,17-,23-,25-,26+/m0/s1. The third kappa shape index (κ3) is 3.81. The van der Waals surface area contributed by atoms with Crippen LogP contribution in [0.3, 0.4) is 0 Å². The molecule has 2 aliphatic carbocycles. The zero-order chi connectivity index (χ0) is 27.4. The highest BCUT2D eigenvalue weighted by atomic mass is 16.6.